The quantitative estimate of drug-likeness (QED) is 0.450. The first-order chi connectivity index (χ1) is 14.4. The van der Waals surface area contributed by atoms with Crippen LogP contribution in [0.4, 0.5) is 11.4 Å². The van der Waals surface area contributed by atoms with Crippen LogP contribution in [-0.2, 0) is 16.4 Å². The highest BCUT2D eigenvalue weighted by atomic mass is 32.2. The fourth-order valence-corrected chi connectivity index (χ4v) is 3.51. The minimum absolute atomic E-state index is 0.342. The molecule has 0 atom stereocenters. The molecule has 0 saturated heterocycles. The summed E-state index contributed by atoms with van der Waals surface area (Å²) in [7, 11) is -3.45. The lowest BCUT2D eigenvalue weighted by molar-refractivity contribution is 0.485. The maximum absolute atomic E-state index is 11.7. The number of ether oxygens (including phenoxy) is 1. The van der Waals surface area contributed by atoms with Crippen LogP contribution in [-0.4, -0.2) is 26.3 Å². The second-order valence-electron chi connectivity index (χ2n) is 6.62. The average molecular weight is 442 g/mol. The minimum atomic E-state index is -3.45. The van der Waals surface area contributed by atoms with Crippen molar-refractivity contribution in [2.24, 2.45) is 0 Å². The smallest absolute Gasteiger partial charge is 0.229 e. The second-order valence-corrected chi connectivity index (χ2v) is 8.77. The van der Waals surface area contributed by atoms with E-state index in [4.69, 9.17) is 17.0 Å². The lowest BCUT2D eigenvalue weighted by atomic mass is 10.1. The molecule has 0 aromatic heterocycles. The van der Waals surface area contributed by atoms with E-state index in [2.05, 4.69) is 27.5 Å². The van der Waals surface area contributed by atoms with Crippen LogP contribution in [0.5, 0.6) is 11.5 Å². The molecule has 6 nitrogen and oxygen atoms in total. The van der Waals surface area contributed by atoms with Crippen molar-refractivity contribution in [3.63, 3.8) is 0 Å². The molecule has 0 fully saturated rings. The van der Waals surface area contributed by atoms with Crippen molar-refractivity contribution in [1.29, 1.82) is 0 Å². The molecule has 30 heavy (non-hydrogen) atoms. The number of thiocarbonyl (C=S) groups is 1. The number of benzene rings is 3. The third kappa shape index (κ3) is 7.06. The highest BCUT2D eigenvalue weighted by Crippen LogP contribution is 2.33. The van der Waals surface area contributed by atoms with E-state index in [-0.39, 0.29) is 0 Å². The summed E-state index contributed by atoms with van der Waals surface area (Å²) in [6.45, 7) is 0.691. The van der Waals surface area contributed by atoms with Crippen molar-refractivity contribution in [3.8, 4) is 11.5 Å². The molecule has 0 aliphatic rings. The molecule has 0 unspecified atom stereocenters. The van der Waals surface area contributed by atoms with Crippen molar-refractivity contribution in [3.05, 3.63) is 84.4 Å². The molecule has 0 aliphatic heterocycles. The molecular formula is C22H23N3O3S2. The fourth-order valence-electron chi connectivity index (χ4n) is 2.72. The Morgan fingerprint density at radius 3 is 2.30 bits per heavy atom. The van der Waals surface area contributed by atoms with Crippen LogP contribution in [0.1, 0.15) is 5.56 Å². The summed E-state index contributed by atoms with van der Waals surface area (Å²) >= 11 is 5.37. The highest BCUT2D eigenvalue weighted by molar-refractivity contribution is 7.92. The Balaban J connectivity index is 1.68. The Morgan fingerprint density at radius 1 is 0.967 bits per heavy atom. The molecular weight excluding hydrogens is 418 g/mol. The molecule has 8 heteroatoms. The standard InChI is InChI=1S/C22H23N3O3S2/c1-30(26,27)25-20-13-12-18(16-21(20)28-19-10-6-3-7-11-19)24-22(29)23-15-14-17-8-4-2-5-9-17/h2-13,16,25H,14-15H2,1H3,(H2,23,24,29). The zero-order valence-electron chi connectivity index (χ0n) is 16.5. The topological polar surface area (TPSA) is 79.5 Å². The van der Waals surface area contributed by atoms with Crippen LogP contribution < -0.4 is 20.1 Å². The van der Waals surface area contributed by atoms with Crippen molar-refractivity contribution in [2.75, 3.05) is 22.8 Å². The predicted octanol–water partition coefficient (Wildman–Crippen LogP) is 4.38. The Bertz CT molecular complexity index is 1090. The number of sulfonamides is 1. The van der Waals surface area contributed by atoms with E-state index < -0.39 is 10.0 Å². The first-order valence-corrected chi connectivity index (χ1v) is 11.6. The van der Waals surface area contributed by atoms with Gasteiger partial charge < -0.3 is 15.4 Å². The molecule has 3 aromatic carbocycles. The van der Waals surface area contributed by atoms with Gasteiger partial charge in [0, 0.05) is 18.3 Å². The van der Waals surface area contributed by atoms with E-state index >= 15 is 0 Å². The summed E-state index contributed by atoms with van der Waals surface area (Å²) < 4.78 is 31.7. The minimum Gasteiger partial charge on any atom is -0.455 e. The molecule has 3 rings (SSSR count). The summed E-state index contributed by atoms with van der Waals surface area (Å²) in [4.78, 5) is 0. The van der Waals surface area contributed by atoms with Crippen molar-refractivity contribution in [1.82, 2.24) is 5.32 Å². The van der Waals surface area contributed by atoms with Gasteiger partial charge in [0.2, 0.25) is 10.0 Å². The maximum Gasteiger partial charge on any atom is 0.229 e. The summed E-state index contributed by atoms with van der Waals surface area (Å²) in [6.07, 6.45) is 1.94. The van der Waals surface area contributed by atoms with Gasteiger partial charge in [0.05, 0.1) is 11.9 Å². The van der Waals surface area contributed by atoms with Crippen LogP contribution in [0.25, 0.3) is 0 Å². The van der Waals surface area contributed by atoms with Crippen LogP contribution in [0.15, 0.2) is 78.9 Å². The van der Waals surface area contributed by atoms with Gasteiger partial charge in [0.15, 0.2) is 10.9 Å². The van der Waals surface area contributed by atoms with E-state index in [1.165, 1.54) is 5.56 Å². The zero-order valence-corrected chi connectivity index (χ0v) is 18.1. The maximum atomic E-state index is 11.7. The first kappa shape index (κ1) is 21.6. The molecule has 0 radical (unpaired) electrons. The van der Waals surface area contributed by atoms with Gasteiger partial charge in [-0.25, -0.2) is 8.42 Å². The van der Waals surface area contributed by atoms with Crippen molar-refractivity contribution < 1.29 is 13.2 Å². The van der Waals surface area contributed by atoms with Crippen LogP contribution >= 0.6 is 12.2 Å². The summed E-state index contributed by atoms with van der Waals surface area (Å²) in [5.74, 6) is 0.957. The van der Waals surface area contributed by atoms with E-state index in [0.717, 1.165) is 12.7 Å². The van der Waals surface area contributed by atoms with Gasteiger partial charge in [0.1, 0.15) is 5.75 Å². The number of rotatable bonds is 8. The summed E-state index contributed by atoms with van der Waals surface area (Å²) in [5.41, 5.74) is 2.25. The van der Waals surface area contributed by atoms with Gasteiger partial charge in [-0.2, -0.15) is 0 Å². The van der Waals surface area contributed by atoms with E-state index in [1.54, 1.807) is 30.3 Å². The third-order valence-electron chi connectivity index (χ3n) is 4.05. The van der Waals surface area contributed by atoms with E-state index in [0.29, 0.717) is 34.5 Å². The van der Waals surface area contributed by atoms with Gasteiger partial charge in [-0.1, -0.05) is 48.5 Å². The summed E-state index contributed by atoms with van der Waals surface area (Å²) in [6, 6.07) is 24.3. The largest absolute Gasteiger partial charge is 0.455 e. The second kappa shape index (κ2) is 10.1. The Kier molecular flexibility index (Phi) is 7.26. The van der Waals surface area contributed by atoms with Gasteiger partial charge in [-0.3, -0.25) is 4.72 Å². The van der Waals surface area contributed by atoms with E-state index in [1.807, 2.05) is 36.4 Å². The lowest BCUT2D eigenvalue weighted by Gasteiger charge is -2.15. The van der Waals surface area contributed by atoms with Crippen molar-refractivity contribution in [2.45, 2.75) is 6.42 Å². The monoisotopic (exact) mass is 441 g/mol. The molecule has 0 spiro atoms. The molecule has 0 aliphatic carbocycles. The SMILES string of the molecule is CS(=O)(=O)Nc1ccc(NC(=S)NCCc2ccccc2)cc1Oc1ccccc1. The zero-order chi connectivity index (χ0) is 21.4. The normalized spacial score (nSPS) is 10.8. The molecule has 0 bridgehead atoms. The average Bonchev–Trinajstić information content (AvgIpc) is 2.71. The molecule has 0 amide bonds. The predicted molar refractivity (Wildman–Crippen MR) is 126 cm³/mol. The highest BCUT2D eigenvalue weighted by Gasteiger charge is 2.11. The number of anilines is 2. The number of para-hydroxylation sites is 1. The summed E-state index contributed by atoms with van der Waals surface area (Å²) in [5, 5.41) is 6.75. The number of nitrogens with one attached hydrogen (secondary N) is 3. The number of hydrogen-bond acceptors (Lipinski definition) is 4. The molecule has 0 saturated carbocycles. The van der Waals surface area contributed by atoms with Gasteiger partial charge in [-0.15, -0.1) is 0 Å². The van der Waals surface area contributed by atoms with Crippen LogP contribution in [0.3, 0.4) is 0 Å². The van der Waals surface area contributed by atoms with Crippen LogP contribution in [0.2, 0.25) is 0 Å². The molecule has 156 valence electrons. The van der Waals surface area contributed by atoms with Gasteiger partial charge in [0.25, 0.3) is 0 Å². The molecule has 0 heterocycles. The van der Waals surface area contributed by atoms with E-state index in [9.17, 15) is 8.42 Å². The van der Waals surface area contributed by atoms with Gasteiger partial charge in [-0.05, 0) is 48.5 Å². The lowest BCUT2D eigenvalue weighted by Crippen LogP contribution is -2.30. The molecule has 3 N–H and O–H groups in total. The van der Waals surface area contributed by atoms with Crippen LogP contribution in [0, 0.1) is 0 Å². The Hall–Kier alpha value is -3.10. The Labute approximate surface area is 182 Å². The van der Waals surface area contributed by atoms with Crippen molar-refractivity contribution >= 4 is 38.7 Å². The third-order valence-corrected chi connectivity index (χ3v) is 4.89. The van der Waals surface area contributed by atoms with Gasteiger partial charge >= 0.3 is 0 Å². The fraction of sp³-hybridized carbons (Fsp3) is 0.136. The molecule has 3 aromatic rings. The first-order valence-electron chi connectivity index (χ1n) is 9.32. The Morgan fingerprint density at radius 2 is 1.63 bits per heavy atom. The number of hydrogen-bond donors (Lipinski definition) is 3.